The van der Waals surface area contributed by atoms with Gasteiger partial charge in [-0.3, -0.25) is 24.0 Å². The Labute approximate surface area is 383 Å². The minimum Gasteiger partial charge on any atom is -0.458 e. The van der Waals surface area contributed by atoms with Crippen molar-refractivity contribution in [2.24, 2.45) is 16.7 Å². The first-order valence-electron chi connectivity index (χ1n) is 21.8. The zero-order chi connectivity index (χ0) is 48.1. The second kappa shape index (κ2) is 17.7. The van der Waals surface area contributed by atoms with Gasteiger partial charge >= 0.3 is 29.8 Å². The van der Waals surface area contributed by atoms with Crippen molar-refractivity contribution in [1.29, 1.82) is 0 Å². The summed E-state index contributed by atoms with van der Waals surface area (Å²) in [6.07, 6.45) is -5.20. The molecule has 0 spiro atoms. The van der Waals surface area contributed by atoms with Crippen LogP contribution in [-0.4, -0.2) is 109 Å². The maximum Gasteiger partial charge on any atom is 0.338 e. The molecule has 1 N–H and O–H groups in total. The standard InChI is InChI=1S/C51H55NO14/c1-28-37(62-29(2)53)26-51(60)46(65-47(59)35-13-11-10-12-14-35)44-49(7,45(58)43(63-30(3)54)41(28)48(51,5)6)38(25-39-50(44,27-61-39)66-31(4)55)64-40(56)24-17-32-15-18-33(19-16-32)42(57)34-20-22-36(23-21-34)52(8)9/h10-24,37-39,43-44,46,60H,25-27H2,1-9H3/b24-17+/t37-,38-,39+,43+,44-,46-,49+,50-,51+/m0/s1. The number of aliphatic hydroxyl groups is 1. The normalized spacial score (nSPS) is 29.7. The van der Waals surface area contributed by atoms with E-state index in [4.69, 9.17) is 28.4 Å². The van der Waals surface area contributed by atoms with Crippen molar-refractivity contribution in [1.82, 2.24) is 0 Å². The molecule has 1 aliphatic heterocycles. The molecule has 66 heavy (non-hydrogen) atoms. The molecule has 1 saturated heterocycles. The number of carbonyl (C=O) groups excluding carboxylic acids is 7. The van der Waals surface area contributed by atoms with Crippen molar-refractivity contribution in [3.63, 3.8) is 0 Å². The highest BCUT2D eigenvalue weighted by atomic mass is 16.6. The second-order valence-corrected chi connectivity index (χ2v) is 18.5. The van der Waals surface area contributed by atoms with Crippen LogP contribution >= 0.6 is 0 Å². The molecule has 2 bridgehead atoms. The molecule has 348 valence electrons. The van der Waals surface area contributed by atoms with Crippen LogP contribution in [0.25, 0.3) is 6.08 Å². The predicted octanol–water partition coefficient (Wildman–Crippen LogP) is 5.78. The number of fused-ring (bicyclic) bond motifs is 5. The third kappa shape index (κ3) is 8.23. The number of ether oxygens (including phenoxy) is 6. The number of rotatable bonds is 11. The van der Waals surface area contributed by atoms with Gasteiger partial charge in [-0.25, -0.2) is 9.59 Å². The van der Waals surface area contributed by atoms with Crippen LogP contribution in [0.15, 0.2) is 96.1 Å². The zero-order valence-corrected chi connectivity index (χ0v) is 38.4. The first kappa shape index (κ1) is 47.5. The Hall–Kier alpha value is -6.45. The van der Waals surface area contributed by atoms with E-state index >= 15 is 4.79 Å². The molecule has 4 aliphatic rings. The highest BCUT2D eigenvalue weighted by Crippen LogP contribution is 2.65. The third-order valence-electron chi connectivity index (χ3n) is 13.9. The Morgan fingerprint density at radius 2 is 1.38 bits per heavy atom. The average molecular weight is 906 g/mol. The van der Waals surface area contributed by atoms with Gasteiger partial charge in [0, 0.05) is 76.0 Å². The van der Waals surface area contributed by atoms with Gasteiger partial charge in [0.2, 0.25) is 0 Å². The van der Waals surface area contributed by atoms with Gasteiger partial charge in [0.25, 0.3) is 0 Å². The number of ketones is 2. The molecule has 15 heteroatoms. The van der Waals surface area contributed by atoms with Crippen molar-refractivity contribution in [3.8, 4) is 0 Å². The van der Waals surface area contributed by atoms with E-state index in [1.165, 1.54) is 39.0 Å². The molecule has 0 radical (unpaired) electrons. The summed E-state index contributed by atoms with van der Waals surface area (Å²) in [5.41, 5.74) is -4.79. The highest BCUT2D eigenvalue weighted by molar-refractivity contribution is 6.09. The summed E-state index contributed by atoms with van der Waals surface area (Å²) >= 11 is 0. The summed E-state index contributed by atoms with van der Waals surface area (Å²) in [5, 5.41) is 13.6. The summed E-state index contributed by atoms with van der Waals surface area (Å²) in [4.78, 5) is 98.3. The molecule has 3 fully saturated rings. The van der Waals surface area contributed by atoms with Gasteiger partial charge in [0.15, 0.2) is 23.3 Å². The fourth-order valence-electron chi connectivity index (χ4n) is 10.5. The maximum absolute atomic E-state index is 15.9. The number of anilines is 1. The molecule has 0 amide bonds. The average Bonchev–Trinajstić information content (AvgIpc) is 3.26. The van der Waals surface area contributed by atoms with E-state index < -0.39 is 94.1 Å². The van der Waals surface area contributed by atoms with Gasteiger partial charge in [-0.05, 0) is 73.0 Å². The zero-order valence-electron chi connectivity index (χ0n) is 38.4. The van der Waals surface area contributed by atoms with E-state index in [-0.39, 0.29) is 36.4 Å². The molecule has 2 saturated carbocycles. The number of hydrogen-bond donors (Lipinski definition) is 1. The van der Waals surface area contributed by atoms with Crippen molar-refractivity contribution in [3.05, 3.63) is 118 Å². The van der Waals surface area contributed by atoms with Gasteiger partial charge in [0.1, 0.15) is 30.0 Å². The molecule has 0 aromatic heterocycles. The van der Waals surface area contributed by atoms with Crippen LogP contribution < -0.4 is 4.90 Å². The van der Waals surface area contributed by atoms with Crippen LogP contribution in [0.3, 0.4) is 0 Å². The Balaban J connectivity index is 1.34. The number of carbonyl (C=O) groups is 7. The largest absolute Gasteiger partial charge is 0.458 e. The van der Waals surface area contributed by atoms with Crippen LogP contribution in [0.4, 0.5) is 5.69 Å². The smallest absolute Gasteiger partial charge is 0.338 e. The first-order chi connectivity index (χ1) is 31.0. The third-order valence-corrected chi connectivity index (χ3v) is 13.9. The van der Waals surface area contributed by atoms with Crippen LogP contribution in [0.2, 0.25) is 0 Å². The van der Waals surface area contributed by atoms with E-state index in [2.05, 4.69) is 0 Å². The topological polar surface area (TPSA) is 198 Å². The minimum atomic E-state index is -2.28. The van der Waals surface area contributed by atoms with E-state index in [1.54, 1.807) is 75.4 Å². The van der Waals surface area contributed by atoms with E-state index in [9.17, 15) is 33.9 Å². The number of esters is 5. The lowest BCUT2D eigenvalue weighted by Gasteiger charge is -2.67. The lowest BCUT2D eigenvalue weighted by Crippen LogP contribution is -2.82. The molecule has 7 rings (SSSR count). The van der Waals surface area contributed by atoms with Gasteiger partial charge in [-0.1, -0.05) is 56.3 Å². The van der Waals surface area contributed by atoms with Gasteiger partial charge < -0.3 is 38.4 Å². The van der Waals surface area contributed by atoms with Crippen molar-refractivity contribution >= 4 is 53.2 Å². The molecule has 1 heterocycles. The second-order valence-electron chi connectivity index (χ2n) is 18.5. The molecule has 3 aromatic carbocycles. The Morgan fingerprint density at radius 3 is 1.92 bits per heavy atom. The predicted molar refractivity (Wildman–Crippen MR) is 238 cm³/mol. The number of benzene rings is 3. The molecular formula is C51H55NO14. The monoisotopic (exact) mass is 905 g/mol. The van der Waals surface area contributed by atoms with Crippen LogP contribution in [0.1, 0.15) is 93.2 Å². The van der Waals surface area contributed by atoms with Crippen molar-refractivity contribution in [2.75, 3.05) is 25.6 Å². The SMILES string of the molecule is CC(=O)O[C@H]1C(=O)[C@]2(C)[C@@H](OC(=O)/C=C/c3ccc(C(=O)c4ccc(N(C)C)cc4)cc3)C[C@H]3OC[C@@]3(OC(C)=O)[C@H]2[C@H](OC(=O)c2ccccc2)[C@]2(O)C[C@H](OC(C)=O)C(C)=C1C2(C)C. The molecule has 3 aliphatic carbocycles. The number of hydrogen-bond acceptors (Lipinski definition) is 15. The quantitative estimate of drug-likeness (QED) is 0.0798. The molecule has 3 aromatic rings. The fourth-order valence-corrected chi connectivity index (χ4v) is 10.5. The fraction of sp³-hybridized carbons (Fsp3) is 0.431. The Bertz CT molecular complexity index is 2510. The molecule has 15 nitrogen and oxygen atoms in total. The Morgan fingerprint density at radius 1 is 0.773 bits per heavy atom. The van der Waals surface area contributed by atoms with Gasteiger partial charge in [-0.15, -0.1) is 0 Å². The van der Waals surface area contributed by atoms with Crippen LogP contribution in [0, 0.1) is 16.7 Å². The van der Waals surface area contributed by atoms with Crippen molar-refractivity contribution in [2.45, 2.75) is 103 Å². The van der Waals surface area contributed by atoms with Gasteiger partial charge in [0.05, 0.1) is 23.5 Å². The maximum atomic E-state index is 15.9. The molecule has 0 unspecified atom stereocenters. The highest BCUT2D eigenvalue weighted by Gasteiger charge is 2.79. The lowest BCUT2D eigenvalue weighted by molar-refractivity contribution is -0.346. The van der Waals surface area contributed by atoms with Crippen LogP contribution in [0.5, 0.6) is 0 Å². The van der Waals surface area contributed by atoms with Crippen LogP contribution in [-0.2, 0) is 52.4 Å². The number of Topliss-reactive ketones (excluding diaryl/α,β-unsaturated/α-hetero) is 1. The van der Waals surface area contributed by atoms with Crippen molar-refractivity contribution < 1.29 is 67.1 Å². The summed E-state index contributed by atoms with van der Waals surface area (Å²) in [7, 11) is 3.81. The van der Waals surface area contributed by atoms with E-state index in [0.717, 1.165) is 18.7 Å². The number of nitrogens with zero attached hydrogens (tertiary/aromatic N) is 1. The Kier molecular flexibility index (Phi) is 12.8. The summed E-state index contributed by atoms with van der Waals surface area (Å²) in [6, 6.07) is 21.7. The lowest BCUT2D eigenvalue weighted by atomic mass is 9.44. The van der Waals surface area contributed by atoms with E-state index in [0.29, 0.717) is 22.3 Å². The minimum absolute atomic E-state index is 0.0917. The molecular weight excluding hydrogens is 851 g/mol. The summed E-state index contributed by atoms with van der Waals surface area (Å²) in [5.74, 6) is -6.71. The first-order valence-corrected chi connectivity index (χ1v) is 21.8. The molecule has 9 atom stereocenters. The summed E-state index contributed by atoms with van der Waals surface area (Å²) < 4.78 is 36.6. The summed E-state index contributed by atoms with van der Waals surface area (Å²) in [6.45, 7) is 9.42. The van der Waals surface area contributed by atoms with Gasteiger partial charge in [-0.2, -0.15) is 0 Å². The van der Waals surface area contributed by atoms with E-state index in [1.807, 2.05) is 31.1 Å².